The molecule has 23 heavy (non-hydrogen) atoms. The monoisotopic (exact) mass is 316 g/mol. The van der Waals surface area contributed by atoms with Crippen LogP contribution < -0.4 is 10.5 Å². The van der Waals surface area contributed by atoms with Crippen molar-refractivity contribution in [3.05, 3.63) is 46.8 Å². The average Bonchev–Trinajstić information content (AvgIpc) is 2.95. The third-order valence-electron chi connectivity index (χ3n) is 3.74. The summed E-state index contributed by atoms with van der Waals surface area (Å²) >= 11 is 0. The summed E-state index contributed by atoms with van der Waals surface area (Å²) in [6.45, 7) is 4.58. The number of unbranched alkanes of at least 4 members (excludes halogenated alkanes) is 2. The molecule has 1 aromatic carbocycles. The minimum absolute atomic E-state index is 0.393. The Balaban J connectivity index is 1.70. The number of ether oxygens (including phenoxy) is 1. The van der Waals surface area contributed by atoms with Crippen molar-refractivity contribution in [2.75, 3.05) is 6.61 Å². The molecule has 2 aromatic rings. The maximum atomic E-state index is 11.3. The lowest BCUT2D eigenvalue weighted by atomic mass is 10.0. The Kier molecular flexibility index (Phi) is 6.20. The first-order chi connectivity index (χ1) is 11.1. The Morgan fingerprint density at radius 3 is 2.74 bits per heavy atom. The largest absolute Gasteiger partial charge is 0.494 e. The molecule has 2 rings (SSSR count). The van der Waals surface area contributed by atoms with Gasteiger partial charge in [0.05, 0.1) is 12.3 Å². The van der Waals surface area contributed by atoms with E-state index < -0.39 is 5.91 Å². The van der Waals surface area contributed by atoms with E-state index in [0.717, 1.165) is 54.9 Å². The van der Waals surface area contributed by atoms with E-state index in [4.69, 9.17) is 15.0 Å². The van der Waals surface area contributed by atoms with E-state index in [1.807, 2.05) is 26.0 Å². The number of hydrogen-bond donors (Lipinski definition) is 1. The molecule has 5 nitrogen and oxygen atoms in total. The van der Waals surface area contributed by atoms with Gasteiger partial charge in [0, 0.05) is 18.1 Å². The molecule has 0 saturated heterocycles. The Morgan fingerprint density at radius 1 is 1.26 bits per heavy atom. The van der Waals surface area contributed by atoms with Crippen LogP contribution in [0.25, 0.3) is 0 Å². The zero-order valence-corrected chi connectivity index (χ0v) is 13.8. The van der Waals surface area contributed by atoms with Crippen molar-refractivity contribution < 1.29 is 14.1 Å². The molecule has 0 fully saturated rings. The molecule has 2 N–H and O–H groups in total. The number of benzene rings is 1. The second-order valence-corrected chi connectivity index (χ2v) is 5.63. The van der Waals surface area contributed by atoms with Gasteiger partial charge < -0.3 is 15.0 Å². The molecule has 0 spiro atoms. The predicted octanol–water partition coefficient (Wildman–Crippen LogP) is 3.44. The van der Waals surface area contributed by atoms with Crippen molar-refractivity contribution >= 4 is 5.91 Å². The number of nitrogens with two attached hydrogens (primary N) is 1. The maximum Gasteiger partial charge on any atom is 0.248 e. The van der Waals surface area contributed by atoms with Crippen LogP contribution in [0, 0.1) is 6.92 Å². The Labute approximate surface area is 136 Å². The molecular formula is C18H24N2O3. The van der Waals surface area contributed by atoms with Gasteiger partial charge in [0.2, 0.25) is 5.91 Å². The first-order valence-corrected chi connectivity index (χ1v) is 8.08. The number of aryl methyl sites for hydroxylation is 3. The fourth-order valence-electron chi connectivity index (χ4n) is 2.49. The van der Waals surface area contributed by atoms with Crippen molar-refractivity contribution in [3.63, 3.8) is 0 Å². The highest BCUT2D eigenvalue weighted by molar-refractivity contribution is 5.94. The summed E-state index contributed by atoms with van der Waals surface area (Å²) in [4.78, 5) is 11.3. The van der Waals surface area contributed by atoms with Crippen LogP contribution in [0.5, 0.6) is 5.75 Å². The van der Waals surface area contributed by atoms with Gasteiger partial charge in [-0.15, -0.1) is 0 Å². The summed E-state index contributed by atoms with van der Waals surface area (Å²) in [7, 11) is 0. The zero-order chi connectivity index (χ0) is 16.7. The Bertz CT molecular complexity index is 649. The standard InChI is InChI=1S/C18H24N2O3/c1-3-14-12-15(8-9-17(14)18(19)21)22-10-6-4-5-7-16-11-13(2)20-23-16/h8-9,11-12H,3-7,10H2,1-2H3,(H2,19,21). The molecule has 0 saturated carbocycles. The van der Waals surface area contributed by atoms with Crippen LogP contribution in [0.3, 0.4) is 0 Å². The van der Waals surface area contributed by atoms with Crippen molar-refractivity contribution in [1.29, 1.82) is 0 Å². The summed E-state index contributed by atoms with van der Waals surface area (Å²) in [6.07, 6.45) is 4.77. The summed E-state index contributed by atoms with van der Waals surface area (Å²) in [6, 6.07) is 7.42. The number of hydrogen-bond acceptors (Lipinski definition) is 4. The molecule has 1 aromatic heterocycles. The van der Waals surface area contributed by atoms with Gasteiger partial charge in [-0.2, -0.15) is 0 Å². The first kappa shape index (κ1) is 17.1. The van der Waals surface area contributed by atoms with E-state index in [0.29, 0.717) is 12.2 Å². The van der Waals surface area contributed by atoms with Gasteiger partial charge in [-0.05, 0) is 56.4 Å². The van der Waals surface area contributed by atoms with E-state index in [9.17, 15) is 4.79 Å². The molecule has 0 aliphatic carbocycles. The fourth-order valence-corrected chi connectivity index (χ4v) is 2.49. The van der Waals surface area contributed by atoms with Gasteiger partial charge in [0.1, 0.15) is 11.5 Å². The summed E-state index contributed by atoms with van der Waals surface area (Å²) < 4.78 is 10.9. The van der Waals surface area contributed by atoms with Crippen LogP contribution in [0.4, 0.5) is 0 Å². The third kappa shape index (κ3) is 5.13. The second-order valence-electron chi connectivity index (χ2n) is 5.63. The number of primary amides is 1. The maximum absolute atomic E-state index is 11.3. The number of carbonyl (C=O) groups is 1. The van der Waals surface area contributed by atoms with Crippen molar-refractivity contribution in [1.82, 2.24) is 5.16 Å². The van der Waals surface area contributed by atoms with Gasteiger partial charge in [-0.1, -0.05) is 12.1 Å². The van der Waals surface area contributed by atoms with E-state index in [1.165, 1.54) is 0 Å². The quantitative estimate of drug-likeness (QED) is 0.719. The van der Waals surface area contributed by atoms with Crippen LogP contribution in [-0.2, 0) is 12.8 Å². The van der Waals surface area contributed by atoms with E-state index in [1.54, 1.807) is 12.1 Å². The van der Waals surface area contributed by atoms with E-state index in [-0.39, 0.29) is 0 Å². The number of amides is 1. The lowest BCUT2D eigenvalue weighted by molar-refractivity contribution is 0.0999. The van der Waals surface area contributed by atoms with Crippen LogP contribution in [0.15, 0.2) is 28.8 Å². The van der Waals surface area contributed by atoms with Crippen molar-refractivity contribution in [2.24, 2.45) is 5.73 Å². The zero-order valence-electron chi connectivity index (χ0n) is 13.8. The van der Waals surface area contributed by atoms with Gasteiger partial charge in [0.25, 0.3) is 0 Å². The molecule has 0 atom stereocenters. The lowest BCUT2D eigenvalue weighted by Gasteiger charge is -2.10. The second kappa shape index (κ2) is 8.36. The summed E-state index contributed by atoms with van der Waals surface area (Å²) in [5.74, 6) is 1.34. The van der Waals surface area contributed by atoms with Gasteiger partial charge in [-0.3, -0.25) is 4.79 Å². The fraction of sp³-hybridized carbons (Fsp3) is 0.444. The van der Waals surface area contributed by atoms with Gasteiger partial charge in [-0.25, -0.2) is 0 Å². The molecule has 0 radical (unpaired) electrons. The van der Waals surface area contributed by atoms with Crippen LogP contribution in [0.1, 0.15) is 53.6 Å². The lowest BCUT2D eigenvalue weighted by Crippen LogP contribution is -2.13. The predicted molar refractivity (Wildman–Crippen MR) is 88.6 cm³/mol. The minimum atomic E-state index is -0.393. The molecule has 1 heterocycles. The summed E-state index contributed by atoms with van der Waals surface area (Å²) in [5.41, 5.74) is 7.78. The number of nitrogens with zero attached hydrogens (tertiary/aromatic N) is 1. The van der Waals surface area contributed by atoms with Crippen LogP contribution in [0.2, 0.25) is 0 Å². The SMILES string of the molecule is CCc1cc(OCCCCCc2cc(C)no2)ccc1C(N)=O. The van der Waals surface area contributed by atoms with Crippen LogP contribution >= 0.6 is 0 Å². The summed E-state index contributed by atoms with van der Waals surface area (Å²) in [5, 5.41) is 3.87. The molecule has 0 aliphatic heterocycles. The number of rotatable bonds is 9. The van der Waals surface area contributed by atoms with E-state index in [2.05, 4.69) is 5.16 Å². The number of carbonyl (C=O) groups excluding carboxylic acids is 1. The Morgan fingerprint density at radius 2 is 2.09 bits per heavy atom. The van der Waals surface area contributed by atoms with E-state index >= 15 is 0 Å². The van der Waals surface area contributed by atoms with Gasteiger partial charge in [0.15, 0.2) is 0 Å². The molecule has 0 bridgehead atoms. The van der Waals surface area contributed by atoms with Gasteiger partial charge >= 0.3 is 0 Å². The highest BCUT2D eigenvalue weighted by atomic mass is 16.5. The smallest absolute Gasteiger partial charge is 0.248 e. The number of aromatic nitrogens is 1. The normalized spacial score (nSPS) is 10.7. The molecule has 124 valence electrons. The third-order valence-corrected chi connectivity index (χ3v) is 3.74. The average molecular weight is 316 g/mol. The molecular weight excluding hydrogens is 292 g/mol. The Hall–Kier alpha value is -2.30. The molecule has 1 amide bonds. The first-order valence-electron chi connectivity index (χ1n) is 8.08. The topological polar surface area (TPSA) is 78.3 Å². The molecule has 0 aliphatic rings. The van der Waals surface area contributed by atoms with Crippen LogP contribution in [-0.4, -0.2) is 17.7 Å². The van der Waals surface area contributed by atoms with Crippen molar-refractivity contribution in [2.45, 2.75) is 46.0 Å². The minimum Gasteiger partial charge on any atom is -0.494 e. The highest BCUT2D eigenvalue weighted by Gasteiger charge is 2.08. The highest BCUT2D eigenvalue weighted by Crippen LogP contribution is 2.19. The molecule has 5 heteroatoms. The molecule has 0 unspecified atom stereocenters. The van der Waals surface area contributed by atoms with Crippen molar-refractivity contribution in [3.8, 4) is 5.75 Å².